The molecule has 2 aliphatic carbocycles. The maximum atomic E-state index is 6.23. The zero-order valence-corrected chi connectivity index (χ0v) is 16.2. The Morgan fingerprint density at radius 1 is 0.815 bits per heavy atom. The highest BCUT2D eigenvalue weighted by atomic mass is 16.5. The standard InChI is InChI=1S/C25H31NO/c1-2-6-19(7-3-1)18-27-25-9-5-4-8-23(25)21-12-14-26(15-13-21)24-17-20-10-11-22(24)16-20/h1-9,20-22,24H,10-18H2/t20-,22?,24-/m0/s1. The Labute approximate surface area is 163 Å². The van der Waals surface area contributed by atoms with Gasteiger partial charge in [-0.25, -0.2) is 0 Å². The van der Waals surface area contributed by atoms with E-state index in [1.807, 2.05) is 0 Å². The molecule has 2 bridgehead atoms. The molecule has 1 saturated heterocycles. The second-order valence-corrected chi connectivity index (χ2v) is 8.86. The number of hydrogen-bond donors (Lipinski definition) is 0. The van der Waals surface area contributed by atoms with Crippen LogP contribution in [0.25, 0.3) is 0 Å². The molecular formula is C25H31NO. The Hall–Kier alpha value is -1.80. The highest BCUT2D eigenvalue weighted by Crippen LogP contribution is 2.47. The summed E-state index contributed by atoms with van der Waals surface area (Å²) in [5, 5.41) is 0. The van der Waals surface area contributed by atoms with E-state index < -0.39 is 0 Å². The van der Waals surface area contributed by atoms with Gasteiger partial charge in [-0.3, -0.25) is 0 Å². The van der Waals surface area contributed by atoms with Crippen molar-refractivity contribution in [1.29, 1.82) is 0 Å². The summed E-state index contributed by atoms with van der Waals surface area (Å²) in [6.07, 6.45) is 8.54. The molecule has 5 rings (SSSR count). The lowest BCUT2D eigenvalue weighted by Crippen LogP contribution is -2.43. The third-order valence-electron chi connectivity index (χ3n) is 7.30. The normalized spacial score (nSPS) is 28.5. The van der Waals surface area contributed by atoms with Crippen LogP contribution in [0.15, 0.2) is 54.6 Å². The van der Waals surface area contributed by atoms with Gasteiger partial charge in [0.25, 0.3) is 0 Å². The Balaban J connectivity index is 1.22. The lowest BCUT2D eigenvalue weighted by molar-refractivity contribution is 0.110. The first-order valence-corrected chi connectivity index (χ1v) is 10.9. The molecular weight excluding hydrogens is 330 g/mol. The number of hydrogen-bond acceptors (Lipinski definition) is 2. The number of rotatable bonds is 5. The van der Waals surface area contributed by atoms with Crippen molar-refractivity contribution in [3.05, 3.63) is 65.7 Å². The summed E-state index contributed by atoms with van der Waals surface area (Å²) in [5.41, 5.74) is 2.65. The van der Waals surface area contributed by atoms with Crippen LogP contribution in [0.3, 0.4) is 0 Å². The van der Waals surface area contributed by atoms with Gasteiger partial charge in [0, 0.05) is 6.04 Å². The number of benzene rings is 2. The van der Waals surface area contributed by atoms with Crippen molar-refractivity contribution in [2.24, 2.45) is 11.8 Å². The first-order chi connectivity index (χ1) is 13.4. The van der Waals surface area contributed by atoms with E-state index in [0.717, 1.165) is 23.6 Å². The van der Waals surface area contributed by atoms with Crippen LogP contribution >= 0.6 is 0 Å². The summed E-state index contributed by atoms with van der Waals surface area (Å²) in [6.45, 7) is 3.19. The molecule has 2 saturated carbocycles. The van der Waals surface area contributed by atoms with Crippen LogP contribution < -0.4 is 4.74 Å². The molecule has 0 aromatic heterocycles. The van der Waals surface area contributed by atoms with Crippen molar-refractivity contribution in [2.75, 3.05) is 13.1 Å². The topological polar surface area (TPSA) is 12.5 Å². The smallest absolute Gasteiger partial charge is 0.123 e. The maximum absolute atomic E-state index is 6.23. The zero-order chi connectivity index (χ0) is 18.1. The molecule has 3 fully saturated rings. The first-order valence-electron chi connectivity index (χ1n) is 10.9. The molecule has 1 aliphatic heterocycles. The second-order valence-electron chi connectivity index (χ2n) is 8.86. The third kappa shape index (κ3) is 3.65. The van der Waals surface area contributed by atoms with E-state index >= 15 is 0 Å². The van der Waals surface area contributed by atoms with Crippen LogP contribution in [0, 0.1) is 11.8 Å². The quantitative estimate of drug-likeness (QED) is 0.684. The fraction of sp³-hybridized carbons (Fsp3) is 0.520. The minimum absolute atomic E-state index is 0.645. The number of nitrogens with zero attached hydrogens (tertiary/aromatic N) is 1. The van der Waals surface area contributed by atoms with Gasteiger partial charge in [0.1, 0.15) is 12.4 Å². The average Bonchev–Trinajstić information content (AvgIpc) is 3.37. The molecule has 2 nitrogen and oxygen atoms in total. The molecule has 2 heteroatoms. The second kappa shape index (κ2) is 7.67. The third-order valence-corrected chi connectivity index (χ3v) is 7.30. The summed E-state index contributed by atoms with van der Waals surface area (Å²) in [4.78, 5) is 2.83. The summed E-state index contributed by atoms with van der Waals surface area (Å²) in [5.74, 6) is 3.78. The van der Waals surface area contributed by atoms with Gasteiger partial charge in [-0.15, -0.1) is 0 Å². The molecule has 0 N–H and O–H groups in total. The van der Waals surface area contributed by atoms with E-state index in [9.17, 15) is 0 Å². The number of fused-ring (bicyclic) bond motifs is 2. The van der Waals surface area contributed by atoms with E-state index in [0.29, 0.717) is 12.5 Å². The molecule has 0 radical (unpaired) electrons. The fourth-order valence-corrected chi connectivity index (χ4v) is 5.89. The van der Waals surface area contributed by atoms with Crippen LogP contribution in [0.1, 0.15) is 55.6 Å². The lowest BCUT2D eigenvalue weighted by Gasteiger charge is -2.40. The van der Waals surface area contributed by atoms with Gasteiger partial charge in [-0.05, 0) is 80.1 Å². The number of ether oxygens (including phenoxy) is 1. The Bertz CT molecular complexity index is 750. The summed E-state index contributed by atoms with van der Waals surface area (Å²) < 4.78 is 6.23. The van der Waals surface area contributed by atoms with Crippen molar-refractivity contribution in [2.45, 2.75) is 57.1 Å². The first kappa shape index (κ1) is 17.3. The Morgan fingerprint density at radius 3 is 2.33 bits per heavy atom. The van der Waals surface area contributed by atoms with E-state index in [2.05, 4.69) is 59.5 Å². The monoisotopic (exact) mass is 361 g/mol. The molecule has 142 valence electrons. The maximum Gasteiger partial charge on any atom is 0.123 e. The van der Waals surface area contributed by atoms with E-state index in [4.69, 9.17) is 4.74 Å². The van der Waals surface area contributed by atoms with Crippen LogP contribution in [0.4, 0.5) is 0 Å². The number of para-hydroxylation sites is 1. The van der Waals surface area contributed by atoms with Gasteiger partial charge < -0.3 is 9.64 Å². The predicted molar refractivity (Wildman–Crippen MR) is 110 cm³/mol. The zero-order valence-electron chi connectivity index (χ0n) is 16.2. The molecule has 3 atom stereocenters. The fourth-order valence-electron chi connectivity index (χ4n) is 5.89. The molecule has 1 heterocycles. The number of likely N-dealkylation sites (tertiary alicyclic amines) is 1. The number of piperidine rings is 1. The predicted octanol–water partition coefficient (Wildman–Crippen LogP) is 5.63. The molecule has 2 aromatic carbocycles. The summed E-state index contributed by atoms with van der Waals surface area (Å²) in [6, 6.07) is 20.1. The van der Waals surface area contributed by atoms with Gasteiger partial charge in [0.05, 0.1) is 0 Å². The molecule has 2 aromatic rings. The lowest BCUT2D eigenvalue weighted by atomic mass is 9.86. The molecule has 0 spiro atoms. The Morgan fingerprint density at radius 2 is 1.59 bits per heavy atom. The van der Waals surface area contributed by atoms with Gasteiger partial charge >= 0.3 is 0 Å². The average molecular weight is 362 g/mol. The Kier molecular flexibility index (Phi) is 4.92. The van der Waals surface area contributed by atoms with Crippen molar-refractivity contribution in [1.82, 2.24) is 4.90 Å². The van der Waals surface area contributed by atoms with E-state index in [-0.39, 0.29) is 0 Å². The van der Waals surface area contributed by atoms with Crippen LogP contribution in [-0.4, -0.2) is 24.0 Å². The van der Waals surface area contributed by atoms with Crippen molar-refractivity contribution < 1.29 is 4.74 Å². The van der Waals surface area contributed by atoms with Gasteiger partial charge in [0.2, 0.25) is 0 Å². The highest BCUT2D eigenvalue weighted by Gasteiger charge is 2.42. The summed E-state index contributed by atoms with van der Waals surface area (Å²) >= 11 is 0. The highest BCUT2D eigenvalue weighted by molar-refractivity contribution is 5.37. The van der Waals surface area contributed by atoms with E-state index in [1.165, 1.54) is 62.7 Å². The molecule has 0 amide bonds. The molecule has 3 aliphatic rings. The minimum Gasteiger partial charge on any atom is -0.489 e. The van der Waals surface area contributed by atoms with E-state index in [1.54, 1.807) is 0 Å². The SMILES string of the molecule is c1ccc(COc2ccccc2C2CCN([C@H]3C[C@H]4CCC3C4)CC2)cc1. The van der Waals surface area contributed by atoms with Gasteiger partial charge in [0.15, 0.2) is 0 Å². The van der Waals surface area contributed by atoms with Crippen LogP contribution in [-0.2, 0) is 6.61 Å². The van der Waals surface area contributed by atoms with Crippen molar-refractivity contribution in [3.8, 4) is 5.75 Å². The summed E-state index contributed by atoms with van der Waals surface area (Å²) in [7, 11) is 0. The van der Waals surface area contributed by atoms with Gasteiger partial charge in [-0.2, -0.15) is 0 Å². The largest absolute Gasteiger partial charge is 0.489 e. The molecule has 27 heavy (non-hydrogen) atoms. The van der Waals surface area contributed by atoms with Crippen LogP contribution in [0.5, 0.6) is 5.75 Å². The minimum atomic E-state index is 0.645. The van der Waals surface area contributed by atoms with Crippen molar-refractivity contribution in [3.63, 3.8) is 0 Å². The van der Waals surface area contributed by atoms with Gasteiger partial charge in [-0.1, -0.05) is 55.0 Å². The molecule has 1 unspecified atom stereocenters. The van der Waals surface area contributed by atoms with Crippen molar-refractivity contribution >= 4 is 0 Å². The van der Waals surface area contributed by atoms with Crippen LogP contribution in [0.2, 0.25) is 0 Å².